The van der Waals surface area contributed by atoms with Crippen LogP contribution in [0.5, 0.6) is 5.75 Å². The molecular weight excluding hydrogens is 397 g/mol. The molecule has 2 aromatic carbocycles. The summed E-state index contributed by atoms with van der Waals surface area (Å²) in [6.45, 7) is 0.236. The Morgan fingerprint density at radius 2 is 2.10 bits per heavy atom. The molecule has 3 N–H and O–H groups in total. The maximum atomic E-state index is 15.0. The maximum absolute atomic E-state index is 15.0. The molecule has 1 heterocycles. The van der Waals surface area contributed by atoms with E-state index in [-0.39, 0.29) is 11.3 Å². The summed E-state index contributed by atoms with van der Waals surface area (Å²) in [5.74, 6) is -1.18. The summed E-state index contributed by atoms with van der Waals surface area (Å²) in [6.07, 6.45) is 0.166. The van der Waals surface area contributed by atoms with Crippen molar-refractivity contribution >= 4 is 22.7 Å². The van der Waals surface area contributed by atoms with Crippen LogP contribution >= 0.6 is 0 Å². The monoisotopic (exact) mass is 417 g/mol. The number of nitrogens with zero attached hydrogens (tertiary/aromatic N) is 1. The first-order valence-corrected chi connectivity index (χ1v) is 9.03. The molecule has 1 atom stereocenters. The van der Waals surface area contributed by atoms with Crippen molar-refractivity contribution in [3.8, 4) is 5.75 Å². The minimum atomic E-state index is -1.43. The van der Waals surface area contributed by atoms with Crippen LogP contribution in [0.15, 0.2) is 42.6 Å². The van der Waals surface area contributed by atoms with E-state index in [0.29, 0.717) is 35.4 Å². The van der Waals surface area contributed by atoms with Gasteiger partial charge in [0, 0.05) is 40.8 Å². The fourth-order valence-electron chi connectivity index (χ4n) is 3.29. The van der Waals surface area contributed by atoms with Gasteiger partial charge < -0.3 is 19.6 Å². The standard InChI is InChI=1S/C20H20FN3O6/c1-29-7-8-30-12-5-6-13-15(10-22-18(13)9-12)16(11-24(27)28)14-3-2-4-17(19(14)21)23-20(25)26/h2-6,9-10,16,22-23H,7-8,11H2,1H3,(H,25,26). The Morgan fingerprint density at radius 3 is 2.80 bits per heavy atom. The van der Waals surface area contributed by atoms with Crippen molar-refractivity contribution in [3.63, 3.8) is 0 Å². The number of aromatic amines is 1. The minimum Gasteiger partial charge on any atom is -0.491 e. The van der Waals surface area contributed by atoms with Gasteiger partial charge in [0.15, 0.2) is 5.82 Å². The number of hydrogen-bond donors (Lipinski definition) is 3. The molecule has 3 rings (SSSR count). The summed E-state index contributed by atoms with van der Waals surface area (Å²) >= 11 is 0. The molecule has 0 spiro atoms. The first-order valence-electron chi connectivity index (χ1n) is 9.03. The fraction of sp³-hybridized carbons (Fsp3) is 0.250. The molecule has 30 heavy (non-hydrogen) atoms. The van der Waals surface area contributed by atoms with Crippen LogP contribution in [0.2, 0.25) is 0 Å². The summed E-state index contributed by atoms with van der Waals surface area (Å²) in [7, 11) is 1.57. The molecule has 1 unspecified atom stereocenters. The van der Waals surface area contributed by atoms with Gasteiger partial charge in [-0.05, 0) is 23.8 Å². The molecule has 0 aliphatic carbocycles. The van der Waals surface area contributed by atoms with Gasteiger partial charge in [0.25, 0.3) is 0 Å². The van der Waals surface area contributed by atoms with Crippen LogP contribution in [0.25, 0.3) is 10.9 Å². The molecule has 0 fully saturated rings. The van der Waals surface area contributed by atoms with Crippen molar-refractivity contribution in [2.45, 2.75) is 5.92 Å². The molecule has 158 valence electrons. The summed E-state index contributed by atoms with van der Waals surface area (Å²) in [6, 6.07) is 9.33. The van der Waals surface area contributed by atoms with Crippen molar-refractivity contribution in [3.05, 3.63) is 69.7 Å². The topological polar surface area (TPSA) is 127 Å². The number of methoxy groups -OCH3 is 1. The summed E-state index contributed by atoms with van der Waals surface area (Å²) in [5, 5.41) is 22.9. The predicted octanol–water partition coefficient (Wildman–Crippen LogP) is 3.83. The van der Waals surface area contributed by atoms with Gasteiger partial charge in [-0.1, -0.05) is 12.1 Å². The van der Waals surface area contributed by atoms with E-state index >= 15 is 0 Å². The highest BCUT2D eigenvalue weighted by Gasteiger charge is 2.27. The predicted molar refractivity (Wildman–Crippen MR) is 107 cm³/mol. The van der Waals surface area contributed by atoms with Crippen molar-refractivity contribution in [1.29, 1.82) is 0 Å². The van der Waals surface area contributed by atoms with Crippen LogP contribution in [-0.2, 0) is 4.74 Å². The van der Waals surface area contributed by atoms with Crippen molar-refractivity contribution in [2.75, 3.05) is 32.2 Å². The van der Waals surface area contributed by atoms with E-state index in [4.69, 9.17) is 14.6 Å². The molecule has 0 aliphatic rings. The highest BCUT2D eigenvalue weighted by atomic mass is 19.1. The molecular formula is C20H20FN3O6. The summed E-state index contributed by atoms with van der Waals surface area (Å²) < 4.78 is 25.5. The van der Waals surface area contributed by atoms with E-state index in [1.165, 1.54) is 18.2 Å². The Hall–Kier alpha value is -3.66. The van der Waals surface area contributed by atoms with Gasteiger partial charge in [0.1, 0.15) is 12.4 Å². The molecule has 0 radical (unpaired) electrons. The number of fused-ring (bicyclic) bond motifs is 1. The van der Waals surface area contributed by atoms with Crippen molar-refractivity contribution in [2.24, 2.45) is 0 Å². The van der Waals surface area contributed by atoms with E-state index in [1.807, 2.05) is 5.32 Å². The first kappa shape index (κ1) is 21.1. The number of hydrogen-bond acceptors (Lipinski definition) is 5. The number of rotatable bonds is 9. The maximum Gasteiger partial charge on any atom is 0.409 e. The molecule has 3 aromatic rings. The number of H-pyrrole nitrogens is 1. The molecule has 0 saturated carbocycles. The largest absolute Gasteiger partial charge is 0.491 e. The van der Waals surface area contributed by atoms with Gasteiger partial charge in [0.05, 0.1) is 18.2 Å². The number of halogens is 1. The second-order valence-corrected chi connectivity index (χ2v) is 6.50. The molecule has 0 saturated heterocycles. The number of benzene rings is 2. The Kier molecular flexibility index (Phi) is 6.48. The zero-order valence-electron chi connectivity index (χ0n) is 16.1. The average molecular weight is 417 g/mol. The van der Waals surface area contributed by atoms with Gasteiger partial charge >= 0.3 is 6.09 Å². The zero-order valence-corrected chi connectivity index (χ0v) is 16.1. The first-order chi connectivity index (χ1) is 14.4. The normalized spacial score (nSPS) is 11.9. The third kappa shape index (κ3) is 4.66. The van der Waals surface area contributed by atoms with Crippen LogP contribution in [-0.4, -0.2) is 48.0 Å². The lowest BCUT2D eigenvalue weighted by Crippen LogP contribution is -2.17. The third-order valence-electron chi connectivity index (χ3n) is 4.59. The quantitative estimate of drug-likeness (QED) is 0.276. The molecule has 1 amide bonds. The number of ether oxygens (including phenoxy) is 2. The van der Waals surface area contributed by atoms with E-state index < -0.39 is 29.3 Å². The van der Waals surface area contributed by atoms with E-state index in [9.17, 15) is 19.3 Å². The number of anilines is 1. The third-order valence-corrected chi connectivity index (χ3v) is 4.59. The van der Waals surface area contributed by atoms with E-state index in [1.54, 1.807) is 31.5 Å². The molecule has 10 heteroatoms. The van der Waals surface area contributed by atoms with Gasteiger partial charge in [-0.2, -0.15) is 0 Å². The van der Waals surface area contributed by atoms with Crippen LogP contribution < -0.4 is 10.1 Å². The lowest BCUT2D eigenvalue weighted by molar-refractivity contribution is -0.481. The molecule has 1 aromatic heterocycles. The fourth-order valence-corrected chi connectivity index (χ4v) is 3.29. The summed E-state index contributed by atoms with van der Waals surface area (Å²) in [4.78, 5) is 24.7. The average Bonchev–Trinajstić information content (AvgIpc) is 3.11. The molecule has 9 nitrogen and oxygen atoms in total. The number of aromatic nitrogens is 1. The highest BCUT2D eigenvalue weighted by molar-refractivity contribution is 5.86. The lowest BCUT2D eigenvalue weighted by atomic mass is 9.90. The molecule has 0 bridgehead atoms. The van der Waals surface area contributed by atoms with Crippen molar-refractivity contribution < 1.29 is 28.7 Å². The second kappa shape index (κ2) is 9.23. The number of carbonyl (C=O) groups is 1. The minimum absolute atomic E-state index is 0.0271. The smallest absolute Gasteiger partial charge is 0.409 e. The Morgan fingerprint density at radius 1 is 1.30 bits per heavy atom. The van der Waals surface area contributed by atoms with Gasteiger partial charge in [-0.15, -0.1) is 0 Å². The Labute approximate surface area is 170 Å². The highest BCUT2D eigenvalue weighted by Crippen LogP contribution is 2.35. The number of nitrogens with one attached hydrogen (secondary N) is 2. The summed E-state index contributed by atoms with van der Waals surface area (Å²) in [5.41, 5.74) is 0.964. The second-order valence-electron chi connectivity index (χ2n) is 6.50. The molecule has 0 aliphatic heterocycles. The van der Waals surface area contributed by atoms with Gasteiger partial charge in [-0.3, -0.25) is 15.4 Å². The lowest BCUT2D eigenvalue weighted by Gasteiger charge is -2.16. The van der Waals surface area contributed by atoms with Crippen LogP contribution in [0.1, 0.15) is 17.0 Å². The van der Waals surface area contributed by atoms with Crippen LogP contribution in [0, 0.1) is 15.9 Å². The van der Waals surface area contributed by atoms with Crippen molar-refractivity contribution in [1.82, 2.24) is 4.98 Å². The number of nitro groups is 1. The van der Waals surface area contributed by atoms with E-state index in [0.717, 1.165) is 0 Å². The Bertz CT molecular complexity index is 1070. The number of carboxylic acid groups (broad SMARTS) is 1. The van der Waals surface area contributed by atoms with Gasteiger partial charge in [-0.25, -0.2) is 9.18 Å². The van der Waals surface area contributed by atoms with E-state index in [2.05, 4.69) is 4.98 Å². The Balaban J connectivity index is 2.01. The van der Waals surface area contributed by atoms with Crippen LogP contribution in [0.4, 0.5) is 14.9 Å². The van der Waals surface area contributed by atoms with Crippen LogP contribution in [0.3, 0.4) is 0 Å². The SMILES string of the molecule is COCCOc1ccc2c(C(C[N+](=O)[O-])c3cccc(NC(=O)O)c3F)c[nH]c2c1. The zero-order chi connectivity index (χ0) is 21.7. The number of amides is 1. The van der Waals surface area contributed by atoms with Gasteiger partial charge in [0.2, 0.25) is 6.54 Å².